The van der Waals surface area contributed by atoms with Gasteiger partial charge >= 0.3 is 0 Å². The van der Waals surface area contributed by atoms with Crippen LogP contribution in [0.1, 0.15) is 38.2 Å². The monoisotopic (exact) mass is 408 g/mol. The van der Waals surface area contributed by atoms with Gasteiger partial charge in [0.15, 0.2) is 0 Å². The number of nitrogens with one attached hydrogen (secondary N) is 2. The zero-order chi connectivity index (χ0) is 20.5. The van der Waals surface area contributed by atoms with Crippen molar-refractivity contribution in [3.05, 3.63) is 93.2 Å². The molecule has 0 unspecified atom stereocenters. The number of thiophene rings is 1. The molecular formula is C23H24N2O3S. The second kappa shape index (κ2) is 10.5. The van der Waals surface area contributed by atoms with Gasteiger partial charge in [-0.25, -0.2) is 0 Å². The molecule has 0 saturated carbocycles. The van der Waals surface area contributed by atoms with Gasteiger partial charge in [-0.3, -0.25) is 9.59 Å². The Labute approximate surface area is 174 Å². The summed E-state index contributed by atoms with van der Waals surface area (Å²) in [5.41, 5.74) is 3.24. The van der Waals surface area contributed by atoms with Crippen molar-refractivity contribution in [2.24, 2.45) is 0 Å². The van der Waals surface area contributed by atoms with Crippen molar-refractivity contribution >= 4 is 23.2 Å². The van der Waals surface area contributed by atoms with Gasteiger partial charge in [0.1, 0.15) is 0 Å². The van der Waals surface area contributed by atoms with Crippen LogP contribution in [0.3, 0.4) is 0 Å². The van der Waals surface area contributed by atoms with Crippen LogP contribution in [0.4, 0.5) is 0 Å². The first-order valence-corrected chi connectivity index (χ1v) is 10.2. The van der Waals surface area contributed by atoms with Crippen LogP contribution in [0, 0.1) is 0 Å². The molecule has 0 spiro atoms. The second-order valence-electron chi connectivity index (χ2n) is 6.66. The average molecular weight is 409 g/mol. The number of carbonyl (C=O) groups is 2. The minimum Gasteiger partial charge on any atom is -0.372 e. The van der Waals surface area contributed by atoms with E-state index >= 15 is 0 Å². The Kier molecular flexibility index (Phi) is 7.55. The van der Waals surface area contributed by atoms with Crippen LogP contribution in [0.15, 0.2) is 66.7 Å². The van der Waals surface area contributed by atoms with Crippen LogP contribution in [-0.4, -0.2) is 11.8 Å². The number of hydrogen-bond donors (Lipinski definition) is 2. The highest BCUT2D eigenvalue weighted by Crippen LogP contribution is 2.16. The molecule has 29 heavy (non-hydrogen) atoms. The maximum Gasteiger partial charge on any atom is 0.261 e. The van der Waals surface area contributed by atoms with Crippen molar-refractivity contribution in [3.8, 4) is 0 Å². The van der Waals surface area contributed by atoms with E-state index in [1.54, 1.807) is 6.07 Å². The van der Waals surface area contributed by atoms with Gasteiger partial charge in [-0.1, -0.05) is 54.6 Å². The van der Waals surface area contributed by atoms with Gasteiger partial charge in [0.05, 0.1) is 24.6 Å². The SMILES string of the molecule is CC(=O)NCc1ccc(C(=O)NCc2cccc(COCc3ccccc3)c2)s1. The van der Waals surface area contributed by atoms with Crippen molar-refractivity contribution in [1.82, 2.24) is 10.6 Å². The summed E-state index contributed by atoms with van der Waals surface area (Å²) in [5.74, 6) is -0.202. The lowest BCUT2D eigenvalue weighted by Crippen LogP contribution is -2.21. The summed E-state index contributed by atoms with van der Waals surface area (Å²) >= 11 is 1.38. The zero-order valence-corrected chi connectivity index (χ0v) is 17.1. The Morgan fingerprint density at radius 2 is 1.55 bits per heavy atom. The number of ether oxygens (including phenoxy) is 1. The Morgan fingerprint density at radius 1 is 0.828 bits per heavy atom. The number of benzene rings is 2. The largest absolute Gasteiger partial charge is 0.372 e. The predicted octanol–water partition coefficient (Wildman–Crippen LogP) is 4.03. The summed E-state index contributed by atoms with van der Waals surface area (Å²) in [6.07, 6.45) is 0. The lowest BCUT2D eigenvalue weighted by molar-refractivity contribution is -0.119. The standard InChI is InChI=1S/C23H24N2O3S/c1-17(26)24-14-21-10-11-22(29-21)23(27)25-13-19-8-5-9-20(12-19)16-28-15-18-6-3-2-4-7-18/h2-12H,13-16H2,1H3,(H,24,26)(H,25,27). The molecule has 3 aromatic rings. The summed E-state index contributed by atoms with van der Waals surface area (Å²) in [7, 11) is 0. The Morgan fingerprint density at radius 3 is 2.34 bits per heavy atom. The third kappa shape index (κ3) is 6.85. The van der Waals surface area contributed by atoms with Crippen LogP contribution >= 0.6 is 11.3 Å². The first-order valence-electron chi connectivity index (χ1n) is 9.41. The van der Waals surface area contributed by atoms with E-state index in [0.717, 1.165) is 21.6 Å². The molecule has 0 aliphatic heterocycles. The summed E-state index contributed by atoms with van der Waals surface area (Å²) in [6.45, 7) is 3.46. The summed E-state index contributed by atoms with van der Waals surface area (Å²) in [6, 6.07) is 21.7. The van der Waals surface area contributed by atoms with Gasteiger partial charge in [0.25, 0.3) is 5.91 Å². The molecule has 2 amide bonds. The molecule has 150 valence electrons. The van der Waals surface area contributed by atoms with Crippen molar-refractivity contribution in [2.75, 3.05) is 0 Å². The topological polar surface area (TPSA) is 67.4 Å². The highest BCUT2D eigenvalue weighted by molar-refractivity contribution is 7.14. The average Bonchev–Trinajstić information content (AvgIpc) is 3.21. The van der Waals surface area contributed by atoms with Gasteiger partial charge in [0, 0.05) is 18.3 Å². The van der Waals surface area contributed by atoms with E-state index in [0.29, 0.717) is 31.2 Å². The summed E-state index contributed by atoms with van der Waals surface area (Å²) in [5, 5.41) is 5.68. The Bertz CT molecular complexity index is 954. The molecule has 0 radical (unpaired) electrons. The van der Waals surface area contributed by atoms with E-state index in [1.807, 2.05) is 60.7 Å². The lowest BCUT2D eigenvalue weighted by atomic mass is 10.1. The van der Waals surface area contributed by atoms with Crippen LogP contribution < -0.4 is 10.6 Å². The van der Waals surface area contributed by atoms with E-state index in [9.17, 15) is 9.59 Å². The molecule has 0 fully saturated rings. The van der Waals surface area contributed by atoms with Gasteiger partial charge in [-0.05, 0) is 28.8 Å². The van der Waals surface area contributed by atoms with Gasteiger partial charge in [-0.15, -0.1) is 11.3 Å². The van der Waals surface area contributed by atoms with Crippen molar-refractivity contribution in [2.45, 2.75) is 33.2 Å². The summed E-state index contributed by atoms with van der Waals surface area (Å²) < 4.78 is 5.78. The Balaban J connectivity index is 1.47. The molecule has 1 aromatic heterocycles. The fourth-order valence-electron chi connectivity index (χ4n) is 2.77. The zero-order valence-electron chi connectivity index (χ0n) is 16.3. The first kappa shape index (κ1) is 20.8. The maximum absolute atomic E-state index is 12.4. The van der Waals surface area contributed by atoms with E-state index in [4.69, 9.17) is 4.74 Å². The maximum atomic E-state index is 12.4. The third-order valence-corrected chi connectivity index (χ3v) is 5.31. The molecular weight excluding hydrogens is 384 g/mol. The molecule has 2 aromatic carbocycles. The molecule has 2 N–H and O–H groups in total. The first-order chi connectivity index (χ1) is 14.1. The van der Waals surface area contributed by atoms with Crippen molar-refractivity contribution < 1.29 is 14.3 Å². The molecule has 0 aliphatic carbocycles. The van der Waals surface area contributed by atoms with Crippen LogP contribution in [0.25, 0.3) is 0 Å². The second-order valence-corrected chi connectivity index (χ2v) is 7.83. The third-order valence-electron chi connectivity index (χ3n) is 4.22. The van der Waals surface area contributed by atoms with Gasteiger partial charge in [0.2, 0.25) is 5.91 Å². The fourth-order valence-corrected chi connectivity index (χ4v) is 3.63. The highest BCUT2D eigenvalue weighted by Gasteiger charge is 2.09. The molecule has 0 bridgehead atoms. The van der Waals surface area contributed by atoms with E-state index in [-0.39, 0.29) is 11.8 Å². The molecule has 0 atom stereocenters. The van der Waals surface area contributed by atoms with Gasteiger partial charge in [-0.2, -0.15) is 0 Å². The van der Waals surface area contributed by atoms with E-state index in [2.05, 4.69) is 10.6 Å². The number of carbonyl (C=O) groups excluding carboxylic acids is 2. The molecule has 6 heteroatoms. The van der Waals surface area contributed by atoms with E-state index in [1.165, 1.54) is 18.3 Å². The molecule has 1 heterocycles. The van der Waals surface area contributed by atoms with Crippen LogP contribution in [0.5, 0.6) is 0 Å². The molecule has 5 nitrogen and oxygen atoms in total. The highest BCUT2D eigenvalue weighted by atomic mass is 32.1. The molecule has 0 aliphatic rings. The smallest absolute Gasteiger partial charge is 0.261 e. The van der Waals surface area contributed by atoms with Gasteiger partial charge < -0.3 is 15.4 Å². The van der Waals surface area contributed by atoms with Crippen LogP contribution in [-0.2, 0) is 35.8 Å². The lowest BCUT2D eigenvalue weighted by Gasteiger charge is -2.08. The van der Waals surface area contributed by atoms with Crippen LogP contribution in [0.2, 0.25) is 0 Å². The van der Waals surface area contributed by atoms with Crippen molar-refractivity contribution in [1.29, 1.82) is 0 Å². The molecule has 3 rings (SSSR count). The van der Waals surface area contributed by atoms with Crippen molar-refractivity contribution in [3.63, 3.8) is 0 Å². The minimum atomic E-state index is -0.116. The Hall–Kier alpha value is -2.96. The fraction of sp³-hybridized carbons (Fsp3) is 0.217. The predicted molar refractivity (Wildman–Crippen MR) is 114 cm³/mol. The normalized spacial score (nSPS) is 10.5. The number of rotatable bonds is 9. The quantitative estimate of drug-likeness (QED) is 0.562. The number of hydrogen-bond acceptors (Lipinski definition) is 4. The van der Waals surface area contributed by atoms with E-state index < -0.39 is 0 Å². The minimum absolute atomic E-state index is 0.0861. The molecule has 0 saturated heterocycles. The summed E-state index contributed by atoms with van der Waals surface area (Å²) in [4.78, 5) is 24.9. The number of amides is 2.